The van der Waals surface area contributed by atoms with Crippen LogP contribution >= 0.6 is 0 Å². The fourth-order valence-electron chi connectivity index (χ4n) is 4.18. The zero-order chi connectivity index (χ0) is 21.2. The minimum absolute atomic E-state index is 0.0225. The zero-order valence-corrected chi connectivity index (χ0v) is 18.0. The van der Waals surface area contributed by atoms with Crippen molar-refractivity contribution in [1.29, 1.82) is 0 Å². The van der Waals surface area contributed by atoms with Crippen LogP contribution in [-0.2, 0) is 19.6 Å². The molecule has 2 N–H and O–H groups in total. The van der Waals surface area contributed by atoms with Crippen molar-refractivity contribution in [1.82, 2.24) is 9.21 Å². The number of nitrogens with zero attached hydrogens (tertiary/aromatic N) is 2. The second-order valence-corrected chi connectivity index (χ2v) is 10.4. The van der Waals surface area contributed by atoms with Gasteiger partial charge in [-0.2, -0.15) is 4.31 Å². The van der Waals surface area contributed by atoms with E-state index >= 15 is 0 Å². The van der Waals surface area contributed by atoms with E-state index in [-0.39, 0.29) is 23.7 Å². The van der Waals surface area contributed by atoms with Crippen LogP contribution < -0.4 is 5.73 Å². The number of amides is 2. The molecular weight excluding hydrogens is 390 g/mol. The molecule has 0 saturated carbocycles. The molecule has 2 saturated heterocycles. The van der Waals surface area contributed by atoms with Gasteiger partial charge in [0.1, 0.15) is 0 Å². The molecule has 2 amide bonds. The standard InChI is InChI=1S/C21H31N3O4S/c1-15(2)16-5-7-19(8-6-16)29(27,28)24-12-9-17(10-13-24)21(26)23-11-3-4-18(14-23)20(22)25/h5-8,15,17-18H,3-4,9-14H2,1-2H3,(H2,22,25)/t18-/m0/s1. The highest BCUT2D eigenvalue weighted by atomic mass is 32.2. The molecule has 7 nitrogen and oxygen atoms in total. The van der Waals surface area contributed by atoms with Gasteiger partial charge in [0.15, 0.2) is 0 Å². The molecular formula is C21H31N3O4S. The third-order valence-electron chi connectivity index (χ3n) is 6.12. The van der Waals surface area contributed by atoms with Crippen molar-refractivity contribution < 1.29 is 18.0 Å². The van der Waals surface area contributed by atoms with Gasteiger partial charge in [0.05, 0.1) is 10.8 Å². The summed E-state index contributed by atoms with van der Waals surface area (Å²) >= 11 is 0. The maximum absolute atomic E-state index is 12.9. The first kappa shape index (κ1) is 21.8. The highest BCUT2D eigenvalue weighted by Gasteiger charge is 2.35. The van der Waals surface area contributed by atoms with Crippen molar-refractivity contribution in [2.75, 3.05) is 26.2 Å². The van der Waals surface area contributed by atoms with Crippen LogP contribution in [0.15, 0.2) is 29.2 Å². The highest BCUT2D eigenvalue weighted by Crippen LogP contribution is 2.27. The Bertz CT molecular complexity index is 843. The van der Waals surface area contributed by atoms with E-state index in [1.165, 1.54) is 4.31 Å². The Morgan fingerprint density at radius 1 is 1.00 bits per heavy atom. The fraction of sp³-hybridized carbons (Fsp3) is 0.619. The van der Waals surface area contributed by atoms with Gasteiger partial charge in [-0.25, -0.2) is 8.42 Å². The summed E-state index contributed by atoms with van der Waals surface area (Å²) in [7, 11) is -3.55. The summed E-state index contributed by atoms with van der Waals surface area (Å²) in [4.78, 5) is 26.3. The van der Waals surface area contributed by atoms with Crippen LogP contribution in [0.4, 0.5) is 0 Å². The number of carbonyl (C=O) groups excluding carboxylic acids is 2. The number of benzene rings is 1. The second kappa shape index (κ2) is 8.83. The lowest BCUT2D eigenvalue weighted by Crippen LogP contribution is -2.48. The molecule has 0 aromatic heterocycles. The molecule has 0 aliphatic carbocycles. The van der Waals surface area contributed by atoms with E-state index in [1.807, 2.05) is 12.1 Å². The SMILES string of the molecule is CC(C)c1ccc(S(=O)(=O)N2CCC(C(=O)N3CCC[C@H](C(N)=O)C3)CC2)cc1. The van der Waals surface area contributed by atoms with E-state index in [0.29, 0.717) is 49.8 Å². The number of hydrogen-bond acceptors (Lipinski definition) is 4. The number of rotatable bonds is 5. The number of nitrogens with two attached hydrogens (primary N) is 1. The minimum Gasteiger partial charge on any atom is -0.369 e. The molecule has 0 spiro atoms. The highest BCUT2D eigenvalue weighted by molar-refractivity contribution is 7.89. The summed E-state index contributed by atoms with van der Waals surface area (Å²) < 4.78 is 27.4. The molecule has 2 aliphatic rings. The van der Waals surface area contributed by atoms with Crippen molar-refractivity contribution in [3.63, 3.8) is 0 Å². The van der Waals surface area contributed by atoms with Gasteiger partial charge in [-0.05, 0) is 49.3 Å². The molecule has 2 heterocycles. The summed E-state index contributed by atoms with van der Waals surface area (Å²) in [6.07, 6.45) is 2.50. The van der Waals surface area contributed by atoms with Gasteiger partial charge in [0.2, 0.25) is 21.8 Å². The van der Waals surface area contributed by atoms with Crippen molar-refractivity contribution in [2.24, 2.45) is 17.6 Å². The molecule has 1 atom stereocenters. The van der Waals surface area contributed by atoms with E-state index in [2.05, 4.69) is 13.8 Å². The van der Waals surface area contributed by atoms with Gasteiger partial charge in [-0.3, -0.25) is 9.59 Å². The van der Waals surface area contributed by atoms with Crippen LogP contribution in [0.2, 0.25) is 0 Å². The Kier molecular flexibility index (Phi) is 6.63. The summed E-state index contributed by atoms with van der Waals surface area (Å²) in [6.45, 7) is 5.83. The Morgan fingerprint density at radius 3 is 2.17 bits per heavy atom. The van der Waals surface area contributed by atoms with Crippen LogP contribution in [0.1, 0.15) is 51.0 Å². The first-order valence-corrected chi connectivity index (χ1v) is 11.8. The normalized spacial score (nSPS) is 22.0. The van der Waals surface area contributed by atoms with E-state index < -0.39 is 10.0 Å². The maximum atomic E-state index is 12.9. The van der Waals surface area contributed by atoms with Crippen LogP contribution in [0, 0.1) is 11.8 Å². The van der Waals surface area contributed by atoms with Gasteiger partial charge in [0, 0.05) is 32.1 Å². The third-order valence-corrected chi connectivity index (χ3v) is 8.04. The molecule has 0 bridgehead atoms. The molecule has 2 fully saturated rings. The minimum atomic E-state index is -3.55. The first-order valence-electron chi connectivity index (χ1n) is 10.4. The van der Waals surface area contributed by atoms with Crippen molar-refractivity contribution in [2.45, 2.75) is 50.3 Å². The average molecular weight is 422 g/mol. The van der Waals surface area contributed by atoms with E-state index in [9.17, 15) is 18.0 Å². The molecule has 1 aromatic carbocycles. The van der Waals surface area contributed by atoms with Crippen LogP contribution in [0.3, 0.4) is 0 Å². The monoisotopic (exact) mass is 421 g/mol. The quantitative estimate of drug-likeness (QED) is 0.785. The lowest BCUT2D eigenvalue weighted by atomic mass is 9.92. The molecule has 3 rings (SSSR count). The van der Waals surface area contributed by atoms with Crippen LogP contribution in [0.25, 0.3) is 0 Å². The third kappa shape index (κ3) is 4.80. The number of primary amides is 1. The van der Waals surface area contributed by atoms with Crippen molar-refractivity contribution in [3.8, 4) is 0 Å². The number of hydrogen-bond donors (Lipinski definition) is 1. The Morgan fingerprint density at radius 2 is 1.62 bits per heavy atom. The van der Waals surface area contributed by atoms with Crippen LogP contribution in [-0.4, -0.2) is 55.6 Å². The molecule has 8 heteroatoms. The topological polar surface area (TPSA) is 101 Å². The molecule has 1 aromatic rings. The second-order valence-electron chi connectivity index (χ2n) is 8.43. The smallest absolute Gasteiger partial charge is 0.243 e. The zero-order valence-electron chi connectivity index (χ0n) is 17.2. The van der Waals surface area contributed by atoms with Crippen molar-refractivity contribution >= 4 is 21.8 Å². The summed E-state index contributed by atoms with van der Waals surface area (Å²) in [5.41, 5.74) is 6.51. The molecule has 2 aliphatic heterocycles. The molecule has 29 heavy (non-hydrogen) atoms. The van der Waals surface area contributed by atoms with Crippen molar-refractivity contribution in [3.05, 3.63) is 29.8 Å². The summed E-state index contributed by atoms with van der Waals surface area (Å²) in [5, 5.41) is 0. The van der Waals surface area contributed by atoms with E-state index in [4.69, 9.17) is 5.73 Å². The average Bonchev–Trinajstić information content (AvgIpc) is 2.73. The maximum Gasteiger partial charge on any atom is 0.243 e. The summed E-state index contributed by atoms with van der Waals surface area (Å²) in [5.74, 6) is -0.461. The van der Waals surface area contributed by atoms with Gasteiger partial charge in [0.25, 0.3) is 0 Å². The fourth-order valence-corrected chi connectivity index (χ4v) is 5.65. The lowest BCUT2D eigenvalue weighted by molar-refractivity contribution is -0.139. The Balaban J connectivity index is 1.60. The number of carbonyl (C=O) groups is 2. The number of sulfonamides is 1. The van der Waals surface area contributed by atoms with Gasteiger partial charge < -0.3 is 10.6 Å². The molecule has 0 radical (unpaired) electrons. The summed E-state index contributed by atoms with van der Waals surface area (Å²) in [6, 6.07) is 7.05. The number of piperidine rings is 2. The van der Waals surface area contributed by atoms with Gasteiger partial charge in [-0.1, -0.05) is 26.0 Å². The predicted octanol–water partition coefficient (Wildman–Crippen LogP) is 1.93. The molecule has 0 unspecified atom stereocenters. The first-order chi connectivity index (χ1) is 13.7. The predicted molar refractivity (Wildman–Crippen MR) is 111 cm³/mol. The van der Waals surface area contributed by atoms with E-state index in [1.54, 1.807) is 17.0 Å². The lowest BCUT2D eigenvalue weighted by Gasteiger charge is -2.36. The van der Waals surface area contributed by atoms with Crippen LogP contribution in [0.5, 0.6) is 0 Å². The number of likely N-dealkylation sites (tertiary alicyclic amines) is 1. The Hall–Kier alpha value is -1.93. The van der Waals surface area contributed by atoms with E-state index in [0.717, 1.165) is 18.4 Å². The van der Waals surface area contributed by atoms with Gasteiger partial charge >= 0.3 is 0 Å². The molecule has 160 valence electrons. The largest absolute Gasteiger partial charge is 0.369 e. The van der Waals surface area contributed by atoms with Gasteiger partial charge in [-0.15, -0.1) is 0 Å². The Labute approximate surface area is 173 Å².